The molecule has 3 aromatic rings. The van der Waals surface area contributed by atoms with Gasteiger partial charge in [0.2, 0.25) is 5.91 Å². The van der Waals surface area contributed by atoms with Crippen LogP contribution in [0, 0.1) is 0 Å². The van der Waals surface area contributed by atoms with Crippen LogP contribution in [0.25, 0.3) is 16.5 Å². The van der Waals surface area contributed by atoms with Crippen molar-refractivity contribution in [1.82, 2.24) is 9.78 Å². The van der Waals surface area contributed by atoms with E-state index in [0.29, 0.717) is 0 Å². The first-order valence-corrected chi connectivity index (χ1v) is 10.0. The zero-order valence-electron chi connectivity index (χ0n) is 16.7. The van der Waals surface area contributed by atoms with E-state index in [0.717, 1.165) is 28.2 Å². The fraction of sp³-hybridized carbons (Fsp3) is 0.200. The molecule has 0 saturated carbocycles. The monoisotopic (exact) mass is 467 g/mol. The van der Waals surface area contributed by atoms with Crippen LogP contribution in [0.5, 0.6) is 5.75 Å². The number of anilines is 1. The Morgan fingerprint density at radius 2 is 1.94 bits per heavy atom. The lowest BCUT2D eigenvalue weighted by Crippen LogP contribution is -2.25. The smallest absolute Gasteiger partial charge is 0.461 e. The fourth-order valence-corrected chi connectivity index (χ4v) is 3.70. The Bertz CT molecular complexity index is 1250. The molecule has 0 atom stereocenters. The molecule has 0 bridgehead atoms. The summed E-state index contributed by atoms with van der Waals surface area (Å²) in [6.45, 7) is 3.30. The molecule has 32 heavy (non-hydrogen) atoms. The molecule has 0 aliphatic heterocycles. The Morgan fingerprint density at radius 3 is 2.53 bits per heavy atom. The van der Waals surface area contributed by atoms with Crippen LogP contribution in [-0.4, -0.2) is 34.6 Å². The van der Waals surface area contributed by atoms with E-state index in [9.17, 15) is 27.6 Å². The number of fused-ring (bicyclic) bond motifs is 1. The average Bonchev–Trinajstić information content (AvgIpc) is 3.12. The van der Waals surface area contributed by atoms with Gasteiger partial charge in [-0.15, -0.1) is 24.5 Å². The Hall–Kier alpha value is -3.67. The van der Waals surface area contributed by atoms with Crippen LogP contribution in [0.15, 0.2) is 46.6 Å². The van der Waals surface area contributed by atoms with Crippen LogP contribution in [0.1, 0.15) is 24.3 Å². The third-order valence-corrected chi connectivity index (χ3v) is 4.89. The van der Waals surface area contributed by atoms with Gasteiger partial charge in [-0.2, -0.15) is 9.78 Å². The van der Waals surface area contributed by atoms with E-state index in [4.69, 9.17) is 4.74 Å². The normalized spacial score (nSPS) is 11.7. The SMILES string of the molecule is C/C=C/C(=O)Nc1scc2c(C(=O)OCC)nn(-c3ccc(OC(F)(F)F)cc3)c(=O)c12. The number of amides is 1. The lowest BCUT2D eigenvalue weighted by atomic mass is 10.2. The number of rotatable bonds is 6. The van der Waals surface area contributed by atoms with E-state index in [1.165, 1.54) is 29.7 Å². The molecular weight excluding hydrogens is 451 g/mol. The summed E-state index contributed by atoms with van der Waals surface area (Å²) in [6.07, 6.45) is -2.10. The van der Waals surface area contributed by atoms with Gasteiger partial charge >= 0.3 is 12.3 Å². The number of hydrogen-bond donors (Lipinski definition) is 1. The van der Waals surface area contributed by atoms with Crippen LogP contribution in [0.4, 0.5) is 18.2 Å². The molecule has 168 valence electrons. The number of allylic oxidation sites excluding steroid dienone is 1. The van der Waals surface area contributed by atoms with Gasteiger partial charge in [0.15, 0.2) is 5.69 Å². The molecule has 2 heterocycles. The summed E-state index contributed by atoms with van der Waals surface area (Å²) in [4.78, 5) is 37.6. The minimum atomic E-state index is -4.87. The second-order valence-corrected chi connectivity index (χ2v) is 7.05. The number of thiophene rings is 1. The van der Waals surface area contributed by atoms with E-state index in [1.54, 1.807) is 13.8 Å². The van der Waals surface area contributed by atoms with E-state index in [1.807, 2.05) is 0 Å². The molecule has 3 rings (SSSR count). The summed E-state index contributed by atoms with van der Waals surface area (Å²) < 4.78 is 46.9. The van der Waals surface area contributed by atoms with Crippen molar-refractivity contribution in [3.8, 4) is 11.4 Å². The van der Waals surface area contributed by atoms with Gasteiger partial charge in [0.05, 0.1) is 17.7 Å². The van der Waals surface area contributed by atoms with Crippen LogP contribution in [0.2, 0.25) is 0 Å². The second-order valence-electron chi connectivity index (χ2n) is 6.17. The predicted molar refractivity (Wildman–Crippen MR) is 111 cm³/mol. The van der Waals surface area contributed by atoms with E-state index in [-0.39, 0.29) is 33.8 Å². The van der Waals surface area contributed by atoms with Crippen molar-refractivity contribution < 1.29 is 32.2 Å². The lowest BCUT2D eigenvalue weighted by molar-refractivity contribution is -0.274. The molecule has 1 N–H and O–H groups in total. The van der Waals surface area contributed by atoms with Gasteiger partial charge in [-0.25, -0.2) is 4.79 Å². The van der Waals surface area contributed by atoms with Gasteiger partial charge in [-0.05, 0) is 44.2 Å². The van der Waals surface area contributed by atoms with E-state index in [2.05, 4.69) is 15.2 Å². The summed E-state index contributed by atoms with van der Waals surface area (Å²) in [5.41, 5.74) is -0.789. The number of aromatic nitrogens is 2. The van der Waals surface area contributed by atoms with Crippen molar-refractivity contribution in [3.05, 3.63) is 57.8 Å². The molecule has 0 aliphatic carbocycles. The van der Waals surface area contributed by atoms with E-state index >= 15 is 0 Å². The number of benzene rings is 1. The zero-order valence-corrected chi connectivity index (χ0v) is 17.5. The van der Waals surface area contributed by atoms with E-state index < -0.39 is 29.5 Å². The molecule has 0 radical (unpaired) electrons. The Balaban J connectivity index is 2.17. The molecule has 0 unspecified atom stereocenters. The topological polar surface area (TPSA) is 99.5 Å². The van der Waals surface area contributed by atoms with Crippen molar-refractivity contribution in [1.29, 1.82) is 0 Å². The standard InChI is InChI=1S/C20H16F3N3O5S/c1-3-5-14(27)24-17-15-13(10-32-17)16(19(29)30-4-2)25-26(18(15)28)11-6-8-12(9-7-11)31-20(21,22)23/h3,5-10H,4H2,1-2H3,(H,24,27)/b5-3+. The number of nitrogens with zero attached hydrogens (tertiary/aromatic N) is 2. The first-order valence-electron chi connectivity index (χ1n) is 9.16. The number of nitrogens with one attached hydrogen (secondary N) is 1. The molecule has 0 aliphatic rings. The third-order valence-electron chi connectivity index (χ3n) is 3.99. The second kappa shape index (κ2) is 9.22. The Labute approximate surface area is 182 Å². The number of carbonyl (C=O) groups is 2. The summed E-state index contributed by atoms with van der Waals surface area (Å²) >= 11 is 1.02. The Morgan fingerprint density at radius 1 is 1.25 bits per heavy atom. The number of alkyl halides is 3. The summed E-state index contributed by atoms with van der Waals surface area (Å²) in [7, 11) is 0. The highest BCUT2D eigenvalue weighted by Crippen LogP contribution is 2.31. The van der Waals surface area contributed by atoms with Crippen LogP contribution in [-0.2, 0) is 9.53 Å². The highest BCUT2D eigenvalue weighted by Gasteiger charge is 2.31. The highest BCUT2D eigenvalue weighted by molar-refractivity contribution is 7.16. The van der Waals surface area contributed by atoms with Gasteiger partial charge in [-0.3, -0.25) is 9.59 Å². The quantitative estimate of drug-likeness (QED) is 0.434. The molecule has 0 saturated heterocycles. The van der Waals surface area contributed by atoms with Crippen LogP contribution < -0.4 is 15.6 Å². The number of hydrogen-bond acceptors (Lipinski definition) is 7. The lowest BCUT2D eigenvalue weighted by Gasteiger charge is -2.11. The van der Waals surface area contributed by atoms with Crippen molar-refractivity contribution in [2.24, 2.45) is 0 Å². The first-order chi connectivity index (χ1) is 15.1. The number of ether oxygens (including phenoxy) is 2. The van der Waals surface area contributed by atoms with Crippen molar-refractivity contribution in [3.63, 3.8) is 0 Å². The summed E-state index contributed by atoms with van der Waals surface area (Å²) in [5, 5.41) is 8.52. The zero-order chi connectivity index (χ0) is 23.5. The number of halogens is 3. The molecule has 2 aromatic heterocycles. The number of esters is 1. The highest BCUT2D eigenvalue weighted by atomic mass is 32.1. The minimum Gasteiger partial charge on any atom is -0.461 e. The minimum absolute atomic E-state index is 0.0153. The van der Waals surface area contributed by atoms with Crippen LogP contribution in [0.3, 0.4) is 0 Å². The molecular formula is C20H16F3N3O5S. The molecule has 1 amide bonds. The van der Waals surface area contributed by atoms with Crippen molar-refractivity contribution in [2.45, 2.75) is 20.2 Å². The third kappa shape index (κ3) is 4.97. The first kappa shape index (κ1) is 23.0. The maximum absolute atomic E-state index is 13.2. The Kier molecular flexibility index (Phi) is 6.63. The van der Waals surface area contributed by atoms with Gasteiger partial charge in [0, 0.05) is 10.8 Å². The largest absolute Gasteiger partial charge is 0.573 e. The van der Waals surface area contributed by atoms with Gasteiger partial charge in [0.25, 0.3) is 5.56 Å². The fourth-order valence-electron chi connectivity index (χ4n) is 2.76. The molecule has 0 spiro atoms. The molecule has 8 nitrogen and oxygen atoms in total. The van der Waals surface area contributed by atoms with Gasteiger partial charge in [0.1, 0.15) is 10.8 Å². The number of carbonyl (C=O) groups excluding carboxylic acids is 2. The maximum atomic E-state index is 13.2. The average molecular weight is 467 g/mol. The summed E-state index contributed by atoms with van der Waals surface area (Å²) in [6, 6.07) is 4.38. The van der Waals surface area contributed by atoms with Crippen molar-refractivity contribution >= 4 is 39.0 Å². The predicted octanol–water partition coefficient (Wildman–Crippen LogP) is 4.04. The van der Waals surface area contributed by atoms with Gasteiger partial charge in [-0.1, -0.05) is 6.08 Å². The van der Waals surface area contributed by atoms with Gasteiger partial charge < -0.3 is 14.8 Å². The summed E-state index contributed by atoms with van der Waals surface area (Å²) in [5.74, 6) is -1.77. The van der Waals surface area contributed by atoms with Crippen LogP contribution >= 0.6 is 11.3 Å². The maximum Gasteiger partial charge on any atom is 0.573 e. The molecule has 12 heteroatoms. The molecule has 1 aromatic carbocycles. The molecule has 0 fully saturated rings. The van der Waals surface area contributed by atoms with Crippen molar-refractivity contribution in [2.75, 3.05) is 11.9 Å².